The van der Waals surface area contributed by atoms with Gasteiger partial charge in [-0.3, -0.25) is 4.21 Å². The van der Waals surface area contributed by atoms with Crippen LogP contribution in [-0.2, 0) is 10.8 Å². The molecule has 0 aliphatic rings. The molecular weight excluding hydrogens is 246 g/mol. The maximum absolute atomic E-state index is 12.0. The molecule has 1 N–H and O–H groups in total. The molecule has 0 saturated carbocycles. The molecule has 2 atom stereocenters. The van der Waals surface area contributed by atoms with Gasteiger partial charge in [0, 0.05) is 16.7 Å². The van der Waals surface area contributed by atoms with Crippen molar-refractivity contribution in [3.05, 3.63) is 24.3 Å². The lowest BCUT2D eigenvalue weighted by Gasteiger charge is -2.09. The quantitative estimate of drug-likeness (QED) is 0.737. The summed E-state index contributed by atoms with van der Waals surface area (Å²) in [5.41, 5.74) is 0. The highest BCUT2D eigenvalue weighted by Crippen LogP contribution is 2.15. The van der Waals surface area contributed by atoms with Crippen LogP contribution in [0.1, 0.15) is 26.2 Å². The van der Waals surface area contributed by atoms with Gasteiger partial charge in [-0.25, -0.2) is 0 Å². The first-order valence-corrected chi connectivity index (χ1v) is 7.69. The fraction of sp³-hybridized carbons (Fsp3) is 0.571. The number of unbranched alkanes of at least 4 members (excludes halogenated alkanes) is 1. The smallest absolute Gasteiger partial charge is 0.118 e. The van der Waals surface area contributed by atoms with Gasteiger partial charge < -0.3 is 10.1 Å². The van der Waals surface area contributed by atoms with Crippen molar-refractivity contribution in [2.24, 2.45) is 0 Å². The first-order chi connectivity index (χ1) is 8.67. The Morgan fingerprint density at radius 3 is 2.50 bits per heavy atom. The van der Waals surface area contributed by atoms with Gasteiger partial charge in [0.2, 0.25) is 0 Å². The average molecular weight is 269 g/mol. The summed E-state index contributed by atoms with van der Waals surface area (Å²) >= 11 is 0. The van der Waals surface area contributed by atoms with E-state index in [0.717, 1.165) is 35.7 Å². The van der Waals surface area contributed by atoms with E-state index in [4.69, 9.17) is 4.74 Å². The second-order valence-electron chi connectivity index (χ2n) is 4.41. The molecule has 0 fully saturated rings. The molecule has 0 aliphatic carbocycles. The molecule has 1 aromatic rings. The second-order valence-corrected chi connectivity index (χ2v) is 5.98. The first-order valence-electron chi connectivity index (χ1n) is 6.37. The van der Waals surface area contributed by atoms with Gasteiger partial charge in [-0.2, -0.15) is 0 Å². The number of benzene rings is 1. The Hall–Kier alpha value is -0.870. The first kappa shape index (κ1) is 15.2. The van der Waals surface area contributed by atoms with E-state index in [1.165, 1.54) is 0 Å². The number of rotatable bonds is 8. The molecule has 0 saturated heterocycles. The van der Waals surface area contributed by atoms with E-state index in [1.54, 1.807) is 7.11 Å². The largest absolute Gasteiger partial charge is 0.497 e. The van der Waals surface area contributed by atoms with Gasteiger partial charge in [0.05, 0.1) is 17.9 Å². The van der Waals surface area contributed by atoms with Crippen LogP contribution in [0.4, 0.5) is 0 Å². The zero-order valence-corrected chi connectivity index (χ0v) is 12.3. The molecule has 0 amide bonds. The third-order valence-corrected chi connectivity index (χ3v) is 4.49. The molecule has 0 heterocycles. The topological polar surface area (TPSA) is 38.3 Å². The molecular formula is C14H23NO2S. The zero-order valence-electron chi connectivity index (χ0n) is 11.4. The minimum Gasteiger partial charge on any atom is -0.497 e. The van der Waals surface area contributed by atoms with Crippen LogP contribution in [0.3, 0.4) is 0 Å². The van der Waals surface area contributed by atoms with Crippen molar-refractivity contribution < 1.29 is 8.95 Å². The lowest BCUT2D eigenvalue weighted by molar-refractivity contribution is 0.414. The summed E-state index contributed by atoms with van der Waals surface area (Å²) in [5, 5.41) is 3.21. The predicted molar refractivity (Wildman–Crippen MR) is 76.6 cm³/mol. The van der Waals surface area contributed by atoms with E-state index in [0.29, 0.717) is 6.04 Å². The number of nitrogens with one attached hydrogen (secondary N) is 1. The summed E-state index contributed by atoms with van der Waals surface area (Å²) in [7, 11) is 2.72. The Morgan fingerprint density at radius 2 is 1.94 bits per heavy atom. The molecule has 0 aromatic heterocycles. The lowest BCUT2D eigenvalue weighted by Crippen LogP contribution is -2.20. The van der Waals surface area contributed by atoms with E-state index >= 15 is 0 Å². The Morgan fingerprint density at radius 1 is 1.28 bits per heavy atom. The van der Waals surface area contributed by atoms with Gasteiger partial charge in [0.1, 0.15) is 5.75 Å². The standard InChI is InChI=1S/C14H23NO2S/c1-12(15-2)6-4-5-11-18(16)14-9-7-13(17-3)8-10-14/h7-10,12,15H,4-6,11H2,1-3H3. The fourth-order valence-electron chi connectivity index (χ4n) is 1.67. The lowest BCUT2D eigenvalue weighted by atomic mass is 10.1. The summed E-state index contributed by atoms with van der Waals surface area (Å²) in [6.07, 6.45) is 3.25. The number of methoxy groups -OCH3 is 1. The Kier molecular flexibility index (Phi) is 6.98. The van der Waals surface area contributed by atoms with Crippen LogP contribution >= 0.6 is 0 Å². The highest BCUT2D eigenvalue weighted by atomic mass is 32.2. The van der Waals surface area contributed by atoms with E-state index in [-0.39, 0.29) is 0 Å². The summed E-state index contributed by atoms with van der Waals surface area (Å²) in [6.45, 7) is 2.17. The van der Waals surface area contributed by atoms with Gasteiger partial charge in [-0.05, 0) is 51.1 Å². The normalized spacial score (nSPS) is 14.2. The molecule has 0 aliphatic heterocycles. The van der Waals surface area contributed by atoms with Gasteiger partial charge in [-0.1, -0.05) is 6.42 Å². The third-order valence-electron chi connectivity index (χ3n) is 3.03. The van der Waals surface area contributed by atoms with E-state index in [2.05, 4.69) is 12.2 Å². The molecule has 1 rings (SSSR count). The highest BCUT2D eigenvalue weighted by molar-refractivity contribution is 7.85. The molecule has 4 heteroatoms. The second kappa shape index (κ2) is 8.27. The summed E-state index contributed by atoms with van der Waals surface area (Å²) in [5.74, 6) is 1.54. The summed E-state index contributed by atoms with van der Waals surface area (Å²) < 4.78 is 17.1. The van der Waals surface area contributed by atoms with E-state index < -0.39 is 10.8 Å². The fourth-order valence-corrected chi connectivity index (χ4v) is 2.82. The van der Waals surface area contributed by atoms with Gasteiger partial charge in [0.15, 0.2) is 0 Å². The minimum absolute atomic E-state index is 0.541. The van der Waals surface area contributed by atoms with Gasteiger partial charge >= 0.3 is 0 Å². The van der Waals surface area contributed by atoms with Crippen LogP contribution in [0.25, 0.3) is 0 Å². The zero-order chi connectivity index (χ0) is 13.4. The van der Waals surface area contributed by atoms with Crippen LogP contribution in [0.15, 0.2) is 29.2 Å². The van der Waals surface area contributed by atoms with Crippen molar-refractivity contribution >= 4 is 10.8 Å². The highest BCUT2D eigenvalue weighted by Gasteiger charge is 2.04. The van der Waals surface area contributed by atoms with Crippen molar-refractivity contribution in [1.82, 2.24) is 5.32 Å². The van der Waals surface area contributed by atoms with Crippen LogP contribution in [0, 0.1) is 0 Å². The Labute approximate surface area is 112 Å². The molecule has 0 spiro atoms. The number of hydrogen-bond acceptors (Lipinski definition) is 3. The van der Waals surface area contributed by atoms with Crippen LogP contribution < -0.4 is 10.1 Å². The number of hydrogen-bond donors (Lipinski definition) is 1. The number of ether oxygens (including phenoxy) is 1. The SMILES string of the molecule is CNC(C)CCCCS(=O)c1ccc(OC)cc1. The van der Waals surface area contributed by atoms with Crippen molar-refractivity contribution in [1.29, 1.82) is 0 Å². The van der Waals surface area contributed by atoms with Crippen molar-refractivity contribution in [2.45, 2.75) is 37.1 Å². The molecule has 1 aromatic carbocycles. The molecule has 18 heavy (non-hydrogen) atoms. The van der Waals surface area contributed by atoms with Crippen LogP contribution in [0.5, 0.6) is 5.75 Å². The van der Waals surface area contributed by atoms with Crippen LogP contribution in [-0.4, -0.2) is 30.2 Å². The van der Waals surface area contributed by atoms with E-state index in [1.807, 2.05) is 31.3 Å². The monoisotopic (exact) mass is 269 g/mol. The van der Waals surface area contributed by atoms with Crippen molar-refractivity contribution in [3.63, 3.8) is 0 Å². The summed E-state index contributed by atoms with van der Waals surface area (Å²) in [4.78, 5) is 0.887. The van der Waals surface area contributed by atoms with Crippen LogP contribution in [0.2, 0.25) is 0 Å². The Bertz CT molecular complexity index is 365. The maximum Gasteiger partial charge on any atom is 0.118 e. The van der Waals surface area contributed by atoms with Gasteiger partial charge in [-0.15, -0.1) is 0 Å². The minimum atomic E-state index is -0.886. The molecule has 3 nitrogen and oxygen atoms in total. The van der Waals surface area contributed by atoms with E-state index in [9.17, 15) is 4.21 Å². The maximum atomic E-state index is 12.0. The molecule has 0 radical (unpaired) electrons. The predicted octanol–water partition coefficient (Wildman–Crippen LogP) is 2.58. The third kappa shape index (κ3) is 5.19. The average Bonchev–Trinajstić information content (AvgIpc) is 2.43. The van der Waals surface area contributed by atoms with Gasteiger partial charge in [0.25, 0.3) is 0 Å². The molecule has 2 unspecified atom stereocenters. The molecule has 0 bridgehead atoms. The van der Waals surface area contributed by atoms with Crippen molar-refractivity contribution in [3.8, 4) is 5.75 Å². The Balaban J connectivity index is 2.31. The summed E-state index contributed by atoms with van der Waals surface area (Å²) in [6, 6.07) is 8.02. The van der Waals surface area contributed by atoms with Crippen molar-refractivity contribution in [2.75, 3.05) is 19.9 Å². The molecule has 102 valence electrons.